The summed E-state index contributed by atoms with van der Waals surface area (Å²) in [6.07, 6.45) is 2.82. The van der Waals surface area contributed by atoms with E-state index >= 15 is 0 Å². The van der Waals surface area contributed by atoms with E-state index in [0.717, 1.165) is 0 Å². The van der Waals surface area contributed by atoms with Crippen LogP contribution in [0.15, 0.2) is 54.6 Å². The van der Waals surface area contributed by atoms with E-state index in [4.69, 9.17) is 10.5 Å². The van der Waals surface area contributed by atoms with Crippen LogP contribution in [-0.2, 0) is 11.4 Å². The Morgan fingerprint density at radius 2 is 1.85 bits per heavy atom. The summed E-state index contributed by atoms with van der Waals surface area (Å²) in [6.45, 7) is 0.119. The zero-order valence-corrected chi connectivity index (χ0v) is 10.8. The lowest BCUT2D eigenvalue weighted by molar-refractivity contribution is -0.113. The Labute approximate surface area is 116 Å². The van der Waals surface area contributed by atoms with E-state index in [1.807, 2.05) is 6.07 Å². The number of amides is 1. The van der Waals surface area contributed by atoms with Gasteiger partial charge in [-0.3, -0.25) is 4.79 Å². The van der Waals surface area contributed by atoms with Crippen molar-refractivity contribution in [1.82, 2.24) is 0 Å². The highest BCUT2D eigenvalue weighted by molar-refractivity contribution is 5.90. The minimum Gasteiger partial charge on any atom is -0.488 e. The average molecular weight is 271 g/mol. The first-order valence-corrected chi connectivity index (χ1v) is 6.09. The zero-order valence-electron chi connectivity index (χ0n) is 10.8. The van der Waals surface area contributed by atoms with E-state index in [1.54, 1.807) is 42.5 Å². The Morgan fingerprint density at radius 1 is 1.15 bits per heavy atom. The summed E-state index contributed by atoms with van der Waals surface area (Å²) < 4.78 is 19.1. The lowest BCUT2D eigenvalue weighted by atomic mass is 10.2. The second-order valence-electron chi connectivity index (χ2n) is 4.15. The maximum atomic E-state index is 13.5. The number of carbonyl (C=O) groups excluding carboxylic acids is 1. The third kappa shape index (κ3) is 3.68. The molecule has 0 radical (unpaired) electrons. The van der Waals surface area contributed by atoms with Crippen LogP contribution in [0.25, 0.3) is 6.08 Å². The fourth-order valence-electron chi connectivity index (χ4n) is 1.69. The highest BCUT2D eigenvalue weighted by Gasteiger charge is 2.04. The SMILES string of the molecule is NC(=O)C=Cc1ccccc1OCc1ccccc1F. The molecule has 1 amide bonds. The standard InChI is InChI=1S/C16H14FNO2/c17-14-7-3-1-6-13(14)11-20-15-8-4-2-5-12(15)9-10-16(18)19/h1-10H,11H2,(H2,18,19). The maximum Gasteiger partial charge on any atom is 0.241 e. The summed E-state index contributed by atoms with van der Waals surface area (Å²) in [4.78, 5) is 10.8. The predicted octanol–water partition coefficient (Wildman–Crippen LogP) is 2.90. The van der Waals surface area contributed by atoms with Crippen molar-refractivity contribution < 1.29 is 13.9 Å². The molecular formula is C16H14FNO2. The van der Waals surface area contributed by atoms with E-state index in [-0.39, 0.29) is 12.4 Å². The Morgan fingerprint density at radius 3 is 2.60 bits per heavy atom. The van der Waals surface area contributed by atoms with Crippen molar-refractivity contribution in [1.29, 1.82) is 0 Å². The molecule has 0 bridgehead atoms. The van der Waals surface area contributed by atoms with Gasteiger partial charge in [0, 0.05) is 17.2 Å². The van der Waals surface area contributed by atoms with Crippen LogP contribution in [0.5, 0.6) is 5.75 Å². The van der Waals surface area contributed by atoms with Crippen LogP contribution in [0.3, 0.4) is 0 Å². The number of rotatable bonds is 5. The molecule has 0 aliphatic rings. The molecule has 0 aliphatic carbocycles. The van der Waals surface area contributed by atoms with Gasteiger partial charge < -0.3 is 10.5 Å². The van der Waals surface area contributed by atoms with Crippen LogP contribution >= 0.6 is 0 Å². The van der Waals surface area contributed by atoms with Crippen LogP contribution < -0.4 is 10.5 Å². The highest BCUT2D eigenvalue weighted by atomic mass is 19.1. The fraction of sp³-hybridized carbons (Fsp3) is 0.0625. The van der Waals surface area contributed by atoms with Crippen LogP contribution in [0, 0.1) is 5.82 Å². The minimum absolute atomic E-state index is 0.119. The quantitative estimate of drug-likeness (QED) is 0.850. The van der Waals surface area contributed by atoms with Crippen LogP contribution in [0.1, 0.15) is 11.1 Å². The van der Waals surface area contributed by atoms with Gasteiger partial charge >= 0.3 is 0 Å². The minimum atomic E-state index is -0.533. The van der Waals surface area contributed by atoms with Gasteiger partial charge in [-0.2, -0.15) is 0 Å². The Hall–Kier alpha value is -2.62. The third-order valence-corrected chi connectivity index (χ3v) is 2.69. The number of halogens is 1. The van der Waals surface area contributed by atoms with Gasteiger partial charge in [-0.25, -0.2) is 4.39 Å². The molecule has 2 N–H and O–H groups in total. The largest absolute Gasteiger partial charge is 0.488 e. The normalized spacial score (nSPS) is 10.7. The predicted molar refractivity (Wildman–Crippen MR) is 75.4 cm³/mol. The van der Waals surface area contributed by atoms with E-state index in [9.17, 15) is 9.18 Å². The Balaban J connectivity index is 2.14. The molecule has 20 heavy (non-hydrogen) atoms. The first-order chi connectivity index (χ1) is 9.66. The van der Waals surface area contributed by atoms with Crippen LogP contribution in [0.2, 0.25) is 0 Å². The third-order valence-electron chi connectivity index (χ3n) is 2.69. The summed E-state index contributed by atoms with van der Waals surface area (Å²) in [6, 6.07) is 13.6. The summed E-state index contributed by atoms with van der Waals surface area (Å²) in [5, 5.41) is 0. The summed E-state index contributed by atoms with van der Waals surface area (Å²) in [5.74, 6) is -0.278. The van der Waals surface area contributed by atoms with Gasteiger partial charge in [-0.05, 0) is 18.2 Å². The van der Waals surface area contributed by atoms with Crippen molar-refractivity contribution in [2.45, 2.75) is 6.61 Å². The first kappa shape index (κ1) is 13.8. The molecule has 0 unspecified atom stereocenters. The van der Waals surface area contributed by atoms with E-state index in [0.29, 0.717) is 16.9 Å². The number of ether oxygens (including phenoxy) is 1. The molecule has 102 valence electrons. The number of nitrogens with two attached hydrogens (primary N) is 1. The topological polar surface area (TPSA) is 52.3 Å². The van der Waals surface area contributed by atoms with Crippen molar-refractivity contribution >= 4 is 12.0 Å². The lowest BCUT2D eigenvalue weighted by Crippen LogP contribution is -2.05. The second-order valence-corrected chi connectivity index (χ2v) is 4.15. The van der Waals surface area contributed by atoms with Crippen molar-refractivity contribution in [3.8, 4) is 5.75 Å². The lowest BCUT2D eigenvalue weighted by Gasteiger charge is -2.09. The number of benzene rings is 2. The molecule has 0 heterocycles. The molecule has 0 saturated heterocycles. The second kappa shape index (κ2) is 6.52. The van der Waals surface area contributed by atoms with Gasteiger partial charge in [0.2, 0.25) is 5.91 Å². The molecule has 0 spiro atoms. The molecule has 2 aromatic rings. The van der Waals surface area contributed by atoms with Gasteiger partial charge in [-0.1, -0.05) is 36.4 Å². The number of hydrogen-bond acceptors (Lipinski definition) is 2. The van der Waals surface area contributed by atoms with Crippen LogP contribution in [0.4, 0.5) is 4.39 Å². The smallest absolute Gasteiger partial charge is 0.241 e. The van der Waals surface area contributed by atoms with Crippen molar-refractivity contribution in [3.63, 3.8) is 0 Å². The van der Waals surface area contributed by atoms with Gasteiger partial charge in [0.15, 0.2) is 0 Å². The monoisotopic (exact) mass is 271 g/mol. The van der Waals surface area contributed by atoms with Crippen molar-refractivity contribution in [2.24, 2.45) is 5.73 Å². The first-order valence-electron chi connectivity index (χ1n) is 6.09. The molecule has 2 rings (SSSR count). The molecule has 0 aromatic heterocycles. The molecule has 3 nitrogen and oxygen atoms in total. The van der Waals surface area contributed by atoms with E-state index < -0.39 is 5.91 Å². The molecule has 4 heteroatoms. The molecule has 0 atom stereocenters. The van der Waals surface area contributed by atoms with Gasteiger partial charge in [-0.15, -0.1) is 0 Å². The van der Waals surface area contributed by atoms with Crippen molar-refractivity contribution in [2.75, 3.05) is 0 Å². The highest BCUT2D eigenvalue weighted by Crippen LogP contribution is 2.21. The van der Waals surface area contributed by atoms with E-state index in [1.165, 1.54) is 12.1 Å². The van der Waals surface area contributed by atoms with Gasteiger partial charge in [0.05, 0.1) is 0 Å². The van der Waals surface area contributed by atoms with Crippen LogP contribution in [-0.4, -0.2) is 5.91 Å². The molecule has 0 fully saturated rings. The number of para-hydroxylation sites is 1. The summed E-state index contributed by atoms with van der Waals surface area (Å²) in [7, 11) is 0. The zero-order chi connectivity index (χ0) is 14.4. The fourth-order valence-corrected chi connectivity index (χ4v) is 1.69. The molecule has 2 aromatic carbocycles. The van der Waals surface area contributed by atoms with Gasteiger partial charge in [0.25, 0.3) is 0 Å². The van der Waals surface area contributed by atoms with E-state index in [2.05, 4.69) is 0 Å². The number of primary amides is 1. The average Bonchev–Trinajstić information content (AvgIpc) is 2.45. The maximum absolute atomic E-state index is 13.5. The Kier molecular flexibility index (Phi) is 4.50. The summed E-state index contributed by atoms with van der Waals surface area (Å²) in [5.41, 5.74) is 6.24. The Bertz CT molecular complexity index is 638. The number of carbonyl (C=O) groups is 1. The molecule has 0 aliphatic heterocycles. The summed E-state index contributed by atoms with van der Waals surface area (Å²) >= 11 is 0. The van der Waals surface area contributed by atoms with Crippen molar-refractivity contribution in [3.05, 3.63) is 71.6 Å². The number of hydrogen-bond donors (Lipinski definition) is 1. The molecular weight excluding hydrogens is 257 g/mol. The molecule has 0 saturated carbocycles. The van der Waals surface area contributed by atoms with Gasteiger partial charge in [0.1, 0.15) is 18.2 Å².